The fourth-order valence-electron chi connectivity index (χ4n) is 3.29. The lowest BCUT2D eigenvalue weighted by molar-refractivity contribution is 0.00449. The quantitative estimate of drug-likeness (QED) is 0.480. The van der Waals surface area contributed by atoms with Gasteiger partial charge in [0.15, 0.2) is 12.0 Å². The van der Waals surface area contributed by atoms with Gasteiger partial charge in [0.05, 0.1) is 24.5 Å². The fourth-order valence-corrected chi connectivity index (χ4v) is 3.29. The van der Waals surface area contributed by atoms with E-state index in [1.54, 1.807) is 6.07 Å². The molecule has 2 atom stereocenters. The first-order chi connectivity index (χ1) is 16.8. The normalized spacial score (nSPS) is 16.3. The highest BCUT2D eigenvalue weighted by molar-refractivity contribution is 5.88. The van der Waals surface area contributed by atoms with Gasteiger partial charge in [-0.25, -0.2) is 33.4 Å². The van der Waals surface area contributed by atoms with E-state index in [9.17, 15) is 13.6 Å². The molecule has 1 aliphatic heterocycles. The molecule has 3 heterocycles. The Morgan fingerprint density at radius 2 is 1.94 bits per heavy atom. The van der Waals surface area contributed by atoms with Crippen molar-refractivity contribution < 1.29 is 27.8 Å². The van der Waals surface area contributed by atoms with E-state index in [2.05, 4.69) is 25.3 Å². The Balaban J connectivity index is 1.39. The Bertz CT molecular complexity index is 1180. The third kappa shape index (κ3) is 5.96. The molecule has 12 heteroatoms. The molecule has 10 nitrogen and oxygen atoms in total. The van der Waals surface area contributed by atoms with Gasteiger partial charge in [0.2, 0.25) is 5.95 Å². The van der Waals surface area contributed by atoms with E-state index in [4.69, 9.17) is 14.2 Å². The minimum Gasteiger partial charge on any atom is -0.486 e. The van der Waals surface area contributed by atoms with Crippen LogP contribution in [0.3, 0.4) is 0 Å². The Kier molecular flexibility index (Phi) is 7.30. The number of carbonyl (C=O) groups excluding carboxylic acids is 1. The van der Waals surface area contributed by atoms with Crippen LogP contribution in [0, 0.1) is 11.6 Å². The number of nitrogens with one attached hydrogen (secondary N) is 1. The van der Waals surface area contributed by atoms with Crippen molar-refractivity contribution in [1.29, 1.82) is 0 Å². The molecule has 1 amide bonds. The molecule has 35 heavy (non-hydrogen) atoms. The van der Waals surface area contributed by atoms with Gasteiger partial charge in [-0.05, 0) is 39.0 Å². The van der Waals surface area contributed by atoms with Crippen molar-refractivity contribution in [3.05, 3.63) is 65.9 Å². The van der Waals surface area contributed by atoms with Crippen LogP contribution in [0.2, 0.25) is 0 Å². The van der Waals surface area contributed by atoms with Crippen molar-refractivity contribution in [2.24, 2.45) is 0 Å². The van der Waals surface area contributed by atoms with Gasteiger partial charge >= 0.3 is 6.09 Å². The third-order valence-corrected chi connectivity index (χ3v) is 4.94. The Morgan fingerprint density at radius 3 is 2.66 bits per heavy atom. The molecule has 184 valence electrons. The number of halogens is 2. The first-order valence-electron chi connectivity index (χ1n) is 10.9. The monoisotopic (exact) mass is 486 g/mol. The second kappa shape index (κ2) is 10.6. The molecule has 1 aromatic carbocycles. The molecular formula is C23H24F2N6O4. The summed E-state index contributed by atoms with van der Waals surface area (Å²) < 4.78 is 43.1. The lowest BCUT2D eigenvalue weighted by Crippen LogP contribution is -2.37. The van der Waals surface area contributed by atoms with Crippen LogP contribution in [0.25, 0.3) is 0 Å². The van der Waals surface area contributed by atoms with Gasteiger partial charge in [-0.2, -0.15) is 4.98 Å². The molecule has 0 aliphatic carbocycles. The molecule has 1 N–H and O–H groups in total. The first-order valence-corrected chi connectivity index (χ1v) is 10.9. The zero-order valence-corrected chi connectivity index (χ0v) is 19.3. The molecule has 0 spiro atoms. The van der Waals surface area contributed by atoms with E-state index in [0.29, 0.717) is 17.4 Å². The maximum Gasteiger partial charge on any atom is 0.417 e. The molecule has 2 aromatic heterocycles. The standard InChI is InChI=1S/C23H24F2N6O4/c1-13(2)35-20-12-34-23(32)31(20)19-6-7-26-22(30-19)29-14(3)21-27-9-17(10-28-21)33-11-15-4-5-16(24)8-18(15)25/h4-10,13-14,20H,11-12H2,1-3H3,(H,26,29,30). The summed E-state index contributed by atoms with van der Waals surface area (Å²) in [6, 6.07) is 4.48. The Hall–Kier alpha value is -3.93. The maximum absolute atomic E-state index is 13.7. The number of hydrogen-bond donors (Lipinski definition) is 1. The molecule has 1 aliphatic rings. The maximum atomic E-state index is 13.7. The summed E-state index contributed by atoms with van der Waals surface area (Å²) >= 11 is 0. The summed E-state index contributed by atoms with van der Waals surface area (Å²) in [6.07, 6.45) is 3.19. The predicted octanol–water partition coefficient (Wildman–Crippen LogP) is 4.00. The van der Waals surface area contributed by atoms with Crippen molar-refractivity contribution in [1.82, 2.24) is 19.9 Å². The van der Waals surface area contributed by atoms with Gasteiger partial charge in [-0.3, -0.25) is 0 Å². The predicted molar refractivity (Wildman–Crippen MR) is 121 cm³/mol. The second-order valence-corrected chi connectivity index (χ2v) is 7.99. The molecule has 0 bridgehead atoms. The molecule has 2 unspecified atom stereocenters. The Morgan fingerprint density at radius 1 is 1.17 bits per heavy atom. The summed E-state index contributed by atoms with van der Waals surface area (Å²) in [5.74, 6) is 0.00714. The van der Waals surface area contributed by atoms with Gasteiger partial charge < -0.3 is 19.5 Å². The van der Waals surface area contributed by atoms with Crippen LogP contribution in [0.15, 0.2) is 42.9 Å². The van der Waals surface area contributed by atoms with Crippen molar-refractivity contribution in [2.45, 2.75) is 45.8 Å². The van der Waals surface area contributed by atoms with Crippen molar-refractivity contribution in [3.8, 4) is 5.75 Å². The van der Waals surface area contributed by atoms with Gasteiger partial charge in [-0.15, -0.1) is 0 Å². The average Bonchev–Trinajstić information content (AvgIpc) is 3.18. The van der Waals surface area contributed by atoms with Crippen molar-refractivity contribution in [2.75, 3.05) is 16.8 Å². The van der Waals surface area contributed by atoms with E-state index in [-0.39, 0.29) is 36.9 Å². The molecule has 0 saturated carbocycles. The van der Waals surface area contributed by atoms with E-state index in [1.165, 1.54) is 29.6 Å². The van der Waals surface area contributed by atoms with Crippen LogP contribution in [0.1, 0.15) is 38.2 Å². The minimum absolute atomic E-state index is 0.0935. The summed E-state index contributed by atoms with van der Waals surface area (Å²) in [6.45, 7) is 5.56. The van der Waals surface area contributed by atoms with E-state index < -0.39 is 24.0 Å². The number of cyclic esters (lactones) is 1. The topological polar surface area (TPSA) is 112 Å². The molecular weight excluding hydrogens is 462 g/mol. The van der Waals surface area contributed by atoms with Crippen LogP contribution in [-0.4, -0.2) is 45.0 Å². The summed E-state index contributed by atoms with van der Waals surface area (Å²) in [5, 5.41) is 3.09. The number of anilines is 2. The largest absolute Gasteiger partial charge is 0.486 e. The van der Waals surface area contributed by atoms with Crippen molar-refractivity contribution >= 4 is 17.9 Å². The molecule has 3 aromatic rings. The van der Waals surface area contributed by atoms with E-state index in [1.807, 2.05) is 20.8 Å². The van der Waals surface area contributed by atoms with Gasteiger partial charge in [-0.1, -0.05) is 0 Å². The Labute approximate surface area is 200 Å². The van der Waals surface area contributed by atoms with Crippen LogP contribution in [-0.2, 0) is 16.1 Å². The molecule has 4 rings (SSSR count). The highest BCUT2D eigenvalue weighted by Crippen LogP contribution is 2.24. The molecule has 0 radical (unpaired) electrons. The lowest BCUT2D eigenvalue weighted by atomic mass is 10.2. The SMILES string of the molecule is CC(C)OC1COC(=O)N1c1ccnc(NC(C)c2ncc(OCc3ccc(F)cc3F)cn2)n1. The highest BCUT2D eigenvalue weighted by Gasteiger charge is 2.36. The smallest absolute Gasteiger partial charge is 0.417 e. The number of nitrogens with zero attached hydrogens (tertiary/aromatic N) is 5. The number of carbonyl (C=O) groups is 1. The van der Waals surface area contributed by atoms with E-state index in [0.717, 1.165) is 12.1 Å². The van der Waals surface area contributed by atoms with E-state index >= 15 is 0 Å². The first kappa shape index (κ1) is 24.2. The van der Waals surface area contributed by atoms with Crippen LogP contribution >= 0.6 is 0 Å². The second-order valence-electron chi connectivity index (χ2n) is 7.99. The van der Waals surface area contributed by atoms with Crippen LogP contribution < -0.4 is 15.0 Å². The van der Waals surface area contributed by atoms with Crippen LogP contribution in [0.5, 0.6) is 5.75 Å². The molecule has 1 saturated heterocycles. The summed E-state index contributed by atoms with van der Waals surface area (Å²) in [4.78, 5) is 30.7. The van der Waals surface area contributed by atoms with Gasteiger partial charge in [0, 0.05) is 17.8 Å². The number of aromatic nitrogens is 4. The third-order valence-electron chi connectivity index (χ3n) is 4.94. The van der Waals surface area contributed by atoms with Gasteiger partial charge in [0.1, 0.15) is 36.5 Å². The van der Waals surface area contributed by atoms with Gasteiger partial charge in [0.25, 0.3) is 0 Å². The number of ether oxygens (including phenoxy) is 3. The summed E-state index contributed by atoms with van der Waals surface area (Å²) in [7, 11) is 0. The number of hydrogen-bond acceptors (Lipinski definition) is 9. The lowest BCUT2D eigenvalue weighted by Gasteiger charge is -2.22. The van der Waals surface area contributed by atoms with Crippen molar-refractivity contribution in [3.63, 3.8) is 0 Å². The number of rotatable bonds is 9. The zero-order valence-electron chi connectivity index (χ0n) is 19.3. The number of benzene rings is 1. The average molecular weight is 486 g/mol. The zero-order chi connectivity index (χ0) is 24.9. The fraction of sp³-hybridized carbons (Fsp3) is 0.348. The number of amides is 1. The minimum atomic E-state index is -0.688. The highest BCUT2D eigenvalue weighted by atomic mass is 19.1. The van der Waals surface area contributed by atoms with Crippen LogP contribution in [0.4, 0.5) is 25.3 Å². The summed E-state index contributed by atoms with van der Waals surface area (Å²) in [5.41, 5.74) is 0.213. The molecule has 1 fully saturated rings.